The number of phosphoric ester groups is 1. The summed E-state index contributed by atoms with van der Waals surface area (Å²) in [5.74, 6) is -1.12. The first-order valence-corrected chi connectivity index (χ1v) is 19.6. The number of azo groups is 1. The zero-order valence-corrected chi connectivity index (χ0v) is 30.8. The molecule has 0 fully saturated rings. The van der Waals surface area contributed by atoms with Crippen LogP contribution >= 0.6 is 7.82 Å². The van der Waals surface area contributed by atoms with E-state index in [4.69, 9.17) is 14.5 Å². The lowest BCUT2D eigenvalue weighted by molar-refractivity contribution is -0.126. The standard InChI is InChI=1S/C34H46FN6O9PS/c1-41(2)29-14-10-27(11-15-29)39-40-28-12-18-31(19-13-28)52(47,48)38-23-7-24-49-25-20-32(42)36-21-5-3-4-6-22-37-34(43)33(35)26-8-16-30(17-9-26)50-51(44,45)46/h8-19,33,38H,3-7,20-25H2,1-2H3,(H,36,42)(H,37,43)(H2,44,45,46)/b40-39+. The van der Waals surface area contributed by atoms with E-state index >= 15 is 0 Å². The Morgan fingerprint density at radius 1 is 0.808 bits per heavy atom. The third-order valence-electron chi connectivity index (χ3n) is 7.38. The molecule has 0 bridgehead atoms. The number of ether oxygens (including phenoxy) is 1. The van der Waals surface area contributed by atoms with Crippen LogP contribution < -0.4 is 24.8 Å². The first kappa shape index (κ1) is 42.2. The van der Waals surface area contributed by atoms with Crippen LogP contribution in [-0.4, -0.2) is 77.0 Å². The number of halogens is 1. The maximum atomic E-state index is 14.4. The molecule has 2 amide bonds. The first-order valence-electron chi connectivity index (χ1n) is 16.6. The van der Waals surface area contributed by atoms with E-state index in [2.05, 4.69) is 30.1 Å². The van der Waals surface area contributed by atoms with E-state index in [0.29, 0.717) is 30.8 Å². The average Bonchev–Trinajstić information content (AvgIpc) is 3.11. The monoisotopic (exact) mass is 764 g/mol. The molecule has 0 saturated carbocycles. The second-order valence-electron chi connectivity index (χ2n) is 11.8. The fourth-order valence-electron chi connectivity index (χ4n) is 4.56. The van der Waals surface area contributed by atoms with Gasteiger partial charge in [0, 0.05) is 52.4 Å². The molecule has 0 aromatic heterocycles. The molecular weight excluding hydrogens is 718 g/mol. The molecule has 0 aliphatic carbocycles. The first-order chi connectivity index (χ1) is 24.7. The van der Waals surface area contributed by atoms with Crippen molar-refractivity contribution in [1.82, 2.24) is 15.4 Å². The number of alkyl halides is 1. The van der Waals surface area contributed by atoms with Crippen molar-refractivity contribution in [3.05, 3.63) is 78.4 Å². The number of hydrogen-bond donors (Lipinski definition) is 5. The number of phosphoric acid groups is 1. The predicted molar refractivity (Wildman–Crippen MR) is 194 cm³/mol. The maximum Gasteiger partial charge on any atom is 0.524 e. The molecule has 0 saturated heterocycles. The Morgan fingerprint density at radius 2 is 1.38 bits per heavy atom. The predicted octanol–water partition coefficient (Wildman–Crippen LogP) is 5.22. The van der Waals surface area contributed by atoms with Crippen molar-refractivity contribution in [2.24, 2.45) is 10.2 Å². The van der Waals surface area contributed by atoms with Gasteiger partial charge in [-0.25, -0.2) is 22.1 Å². The Balaban J connectivity index is 1.17. The number of nitrogens with one attached hydrogen (secondary N) is 3. The Hall–Kier alpha value is -4.25. The van der Waals surface area contributed by atoms with Crippen molar-refractivity contribution in [2.75, 3.05) is 51.8 Å². The number of carbonyl (C=O) groups excluding carboxylic acids is 2. The molecule has 52 heavy (non-hydrogen) atoms. The van der Waals surface area contributed by atoms with Crippen LogP contribution in [0, 0.1) is 0 Å². The molecule has 0 aliphatic heterocycles. The van der Waals surface area contributed by atoms with Crippen molar-refractivity contribution < 1.29 is 46.0 Å². The van der Waals surface area contributed by atoms with Crippen LogP contribution in [0.1, 0.15) is 50.3 Å². The van der Waals surface area contributed by atoms with E-state index in [9.17, 15) is 27.0 Å². The molecule has 5 N–H and O–H groups in total. The maximum absolute atomic E-state index is 14.4. The largest absolute Gasteiger partial charge is 0.524 e. The summed E-state index contributed by atoms with van der Waals surface area (Å²) in [5.41, 5.74) is 2.27. The van der Waals surface area contributed by atoms with Crippen LogP contribution in [0.3, 0.4) is 0 Å². The van der Waals surface area contributed by atoms with Crippen LogP contribution in [-0.2, 0) is 28.9 Å². The van der Waals surface area contributed by atoms with E-state index in [1.54, 1.807) is 12.1 Å². The third kappa shape index (κ3) is 16.0. The minimum absolute atomic E-state index is 0.0290. The van der Waals surface area contributed by atoms with Crippen LogP contribution in [0.15, 0.2) is 87.9 Å². The fourth-order valence-corrected chi connectivity index (χ4v) is 6.03. The van der Waals surface area contributed by atoms with Crippen molar-refractivity contribution in [1.29, 1.82) is 0 Å². The number of rotatable bonds is 23. The van der Waals surface area contributed by atoms with Gasteiger partial charge in [0.05, 0.1) is 22.9 Å². The molecular formula is C34H46FN6O9PS. The molecule has 3 aromatic rings. The van der Waals surface area contributed by atoms with Crippen LogP contribution in [0.25, 0.3) is 0 Å². The number of anilines is 1. The third-order valence-corrected chi connectivity index (χ3v) is 9.30. The van der Waals surface area contributed by atoms with Gasteiger partial charge in [0.1, 0.15) is 5.75 Å². The molecule has 0 radical (unpaired) electrons. The van der Waals surface area contributed by atoms with Gasteiger partial charge in [0.15, 0.2) is 0 Å². The highest BCUT2D eigenvalue weighted by Gasteiger charge is 2.21. The lowest BCUT2D eigenvalue weighted by Crippen LogP contribution is -2.28. The van der Waals surface area contributed by atoms with Crippen molar-refractivity contribution in [3.8, 4) is 5.75 Å². The normalized spacial score (nSPS) is 12.4. The van der Waals surface area contributed by atoms with E-state index in [1.807, 2.05) is 43.3 Å². The van der Waals surface area contributed by atoms with Gasteiger partial charge in [-0.1, -0.05) is 25.0 Å². The van der Waals surface area contributed by atoms with Crippen molar-refractivity contribution in [2.45, 2.75) is 49.6 Å². The average molecular weight is 765 g/mol. The summed E-state index contributed by atoms with van der Waals surface area (Å²) in [6.07, 6.45) is 1.58. The summed E-state index contributed by atoms with van der Waals surface area (Å²) in [4.78, 5) is 43.8. The molecule has 18 heteroatoms. The van der Waals surface area contributed by atoms with Gasteiger partial charge in [-0.05, 0) is 85.5 Å². The van der Waals surface area contributed by atoms with E-state index in [-0.39, 0.29) is 54.8 Å². The van der Waals surface area contributed by atoms with Gasteiger partial charge < -0.3 is 24.8 Å². The summed E-state index contributed by atoms with van der Waals surface area (Å²) in [7, 11) is -4.54. The Bertz CT molecular complexity index is 1740. The van der Waals surface area contributed by atoms with Gasteiger partial charge in [-0.3, -0.25) is 19.4 Å². The smallest absolute Gasteiger partial charge is 0.404 e. The summed E-state index contributed by atoms with van der Waals surface area (Å²) in [6, 6.07) is 18.4. The molecule has 0 spiro atoms. The van der Waals surface area contributed by atoms with Gasteiger partial charge in [-0.2, -0.15) is 10.2 Å². The number of nitrogens with zero attached hydrogens (tertiary/aromatic N) is 3. The van der Waals surface area contributed by atoms with Gasteiger partial charge in [-0.15, -0.1) is 0 Å². The SMILES string of the molecule is CN(C)c1ccc(/N=N/c2ccc(S(=O)(=O)NCCCOCCC(=O)NCCCCCCNC(=O)C(F)c3ccc(OP(=O)(O)O)cc3)cc2)cc1. The highest BCUT2D eigenvalue weighted by Crippen LogP contribution is 2.37. The summed E-state index contributed by atoms with van der Waals surface area (Å²) < 4.78 is 62.9. The molecule has 0 aliphatic rings. The van der Waals surface area contributed by atoms with Crippen LogP contribution in [0.4, 0.5) is 21.5 Å². The second-order valence-corrected chi connectivity index (χ2v) is 14.7. The Kier molecular flexibility index (Phi) is 17.3. The number of benzene rings is 3. The molecule has 0 heterocycles. The van der Waals surface area contributed by atoms with Crippen LogP contribution in [0.5, 0.6) is 5.75 Å². The topological polar surface area (TPSA) is 208 Å². The molecule has 1 atom stereocenters. The number of sulfonamides is 1. The van der Waals surface area contributed by atoms with E-state index < -0.39 is 29.9 Å². The van der Waals surface area contributed by atoms with Gasteiger partial charge in [0.25, 0.3) is 5.91 Å². The van der Waals surface area contributed by atoms with Crippen molar-refractivity contribution in [3.63, 3.8) is 0 Å². The number of hydrogen-bond acceptors (Lipinski definition) is 10. The molecule has 3 rings (SSSR count). The highest BCUT2D eigenvalue weighted by molar-refractivity contribution is 7.89. The van der Waals surface area contributed by atoms with E-state index in [0.717, 1.165) is 24.9 Å². The number of unbranched alkanes of at least 4 members (excludes halogenated alkanes) is 3. The lowest BCUT2D eigenvalue weighted by atomic mass is 10.1. The van der Waals surface area contributed by atoms with Gasteiger partial charge >= 0.3 is 7.82 Å². The quantitative estimate of drug-likeness (QED) is 0.0483. The summed E-state index contributed by atoms with van der Waals surface area (Å²) >= 11 is 0. The second kappa shape index (κ2) is 21.3. The van der Waals surface area contributed by atoms with Crippen LogP contribution in [0.2, 0.25) is 0 Å². The molecule has 3 aromatic carbocycles. The summed E-state index contributed by atoms with van der Waals surface area (Å²) in [6.45, 7) is 1.42. The zero-order valence-electron chi connectivity index (χ0n) is 29.1. The molecule has 284 valence electrons. The lowest BCUT2D eigenvalue weighted by Gasteiger charge is -2.11. The number of amides is 2. The fraction of sp³-hybridized carbons (Fsp3) is 0.412. The van der Waals surface area contributed by atoms with E-state index in [1.165, 1.54) is 36.4 Å². The number of carbonyl (C=O) groups is 2. The Labute approximate surface area is 303 Å². The van der Waals surface area contributed by atoms with Gasteiger partial charge in [0.2, 0.25) is 22.1 Å². The summed E-state index contributed by atoms with van der Waals surface area (Å²) in [5, 5.41) is 13.7. The Morgan fingerprint density at radius 3 is 1.96 bits per heavy atom. The van der Waals surface area contributed by atoms with Crippen molar-refractivity contribution >= 4 is 46.7 Å². The molecule has 1 unspecified atom stereocenters. The minimum atomic E-state index is -4.73. The molecule has 15 nitrogen and oxygen atoms in total. The highest BCUT2D eigenvalue weighted by atomic mass is 32.2. The minimum Gasteiger partial charge on any atom is -0.404 e. The zero-order chi connectivity index (χ0) is 38.0.